The predicted molar refractivity (Wildman–Crippen MR) is 143 cm³/mol. The second kappa shape index (κ2) is 11.8. The van der Waals surface area contributed by atoms with Gasteiger partial charge in [-0.1, -0.05) is 30.3 Å². The molecule has 2 heterocycles. The first-order chi connectivity index (χ1) is 17.1. The first-order valence-corrected chi connectivity index (χ1v) is 14.1. The van der Waals surface area contributed by atoms with E-state index in [2.05, 4.69) is 72.6 Å². The Labute approximate surface area is 212 Å². The molecule has 2 aliphatic heterocycles. The van der Waals surface area contributed by atoms with Gasteiger partial charge >= 0.3 is 0 Å². The summed E-state index contributed by atoms with van der Waals surface area (Å²) in [5.74, 6) is 2.93. The zero-order valence-corrected chi connectivity index (χ0v) is 21.8. The van der Waals surface area contributed by atoms with Gasteiger partial charge in [0.1, 0.15) is 17.6 Å². The summed E-state index contributed by atoms with van der Waals surface area (Å²) < 4.78 is 12.7. The summed E-state index contributed by atoms with van der Waals surface area (Å²) in [7, 11) is 0. The summed E-state index contributed by atoms with van der Waals surface area (Å²) in [4.78, 5) is 2.63. The molecule has 4 heteroatoms. The third kappa shape index (κ3) is 6.59. The molecule has 1 N–H and O–H groups in total. The normalized spacial score (nSPS) is 25.7. The molecule has 0 amide bonds. The number of benzene rings is 2. The Hall–Kier alpha value is -2.04. The maximum absolute atomic E-state index is 6.42. The number of ether oxygens (including phenoxy) is 2. The predicted octanol–water partition coefficient (Wildman–Crippen LogP) is 6.54. The Kier molecular flexibility index (Phi) is 8.31. The molecule has 190 valence electrons. The van der Waals surface area contributed by atoms with Crippen LogP contribution in [0.3, 0.4) is 0 Å². The van der Waals surface area contributed by atoms with Crippen LogP contribution in [0.1, 0.15) is 82.4 Å². The minimum Gasteiger partial charge on any atom is -0.490 e. The molecule has 2 aromatic rings. The standard InChI is InChI=1S/C31H44N2O2/c1-23(2)33-20-17-24(18-21-33)16-19-32-27-9-11-28(12-10-27)34-29-13-15-31-26(22-29)8-14-30(35-31)25-6-4-3-5-7-25/h3-7,13,15,22-24,27-28,30,32H,8-12,14,16-21H2,1-2H3. The molecule has 1 atom stereocenters. The van der Waals surface area contributed by atoms with E-state index in [-0.39, 0.29) is 6.10 Å². The second-order valence-electron chi connectivity index (χ2n) is 11.2. The average Bonchev–Trinajstić information content (AvgIpc) is 2.90. The van der Waals surface area contributed by atoms with E-state index in [0.717, 1.165) is 43.1 Å². The third-order valence-electron chi connectivity index (χ3n) is 8.49. The highest BCUT2D eigenvalue weighted by molar-refractivity contribution is 5.42. The van der Waals surface area contributed by atoms with Crippen LogP contribution in [-0.4, -0.2) is 42.7 Å². The maximum atomic E-state index is 6.42. The Morgan fingerprint density at radius 3 is 2.46 bits per heavy atom. The van der Waals surface area contributed by atoms with Crippen LogP contribution in [0.2, 0.25) is 0 Å². The first kappa shape index (κ1) is 24.6. The number of rotatable bonds is 8. The van der Waals surface area contributed by atoms with Crippen molar-refractivity contribution >= 4 is 0 Å². The topological polar surface area (TPSA) is 33.7 Å². The van der Waals surface area contributed by atoms with Gasteiger partial charge in [0.25, 0.3) is 0 Å². The number of fused-ring (bicyclic) bond motifs is 1. The molecule has 1 unspecified atom stereocenters. The summed E-state index contributed by atoms with van der Waals surface area (Å²) in [5.41, 5.74) is 2.55. The van der Waals surface area contributed by atoms with Gasteiger partial charge in [0, 0.05) is 12.1 Å². The van der Waals surface area contributed by atoms with Crippen LogP contribution < -0.4 is 14.8 Å². The first-order valence-electron chi connectivity index (χ1n) is 14.1. The largest absolute Gasteiger partial charge is 0.490 e. The van der Waals surface area contributed by atoms with E-state index in [1.807, 2.05) is 0 Å². The van der Waals surface area contributed by atoms with E-state index in [1.165, 1.54) is 62.9 Å². The molecular weight excluding hydrogens is 432 g/mol. The molecule has 4 nitrogen and oxygen atoms in total. The van der Waals surface area contributed by atoms with Crippen molar-refractivity contribution < 1.29 is 9.47 Å². The van der Waals surface area contributed by atoms with E-state index in [4.69, 9.17) is 9.47 Å². The van der Waals surface area contributed by atoms with Crippen molar-refractivity contribution in [2.45, 2.75) is 95.9 Å². The van der Waals surface area contributed by atoms with Crippen LogP contribution in [0.5, 0.6) is 11.5 Å². The van der Waals surface area contributed by atoms with Crippen LogP contribution in [0.4, 0.5) is 0 Å². The van der Waals surface area contributed by atoms with Crippen molar-refractivity contribution in [2.24, 2.45) is 5.92 Å². The van der Waals surface area contributed by atoms with Gasteiger partial charge in [0.05, 0.1) is 6.10 Å². The van der Waals surface area contributed by atoms with E-state index < -0.39 is 0 Å². The van der Waals surface area contributed by atoms with Crippen molar-refractivity contribution in [3.63, 3.8) is 0 Å². The summed E-state index contributed by atoms with van der Waals surface area (Å²) in [6, 6.07) is 18.4. The van der Waals surface area contributed by atoms with E-state index in [9.17, 15) is 0 Å². The molecule has 3 aliphatic rings. The lowest BCUT2D eigenvalue weighted by atomic mass is 9.91. The van der Waals surface area contributed by atoms with Gasteiger partial charge < -0.3 is 19.7 Å². The number of nitrogens with zero attached hydrogens (tertiary/aromatic N) is 1. The van der Waals surface area contributed by atoms with Crippen LogP contribution in [0.15, 0.2) is 48.5 Å². The van der Waals surface area contributed by atoms with Crippen LogP contribution in [0.25, 0.3) is 0 Å². The van der Waals surface area contributed by atoms with Gasteiger partial charge in [0.15, 0.2) is 0 Å². The fourth-order valence-electron chi connectivity index (χ4n) is 6.17. The fraction of sp³-hybridized carbons (Fsp3) is 0.613. The molecule has 1 saturated heterocycles. The summed E-state index contributed by atoms with van der Waals surface area (Å²) >= 11 is 0. The van der Waals surface area contributed by atoms with E-state index in [1.54, 1.807) is 0 Å². The highest BCUT2D eigenvalue weighted by Crippen LogP contribution is 2.37. The lowest BCUT2D eigenvalue weighted by molar-refractivity contribution is 0.133. The van der Waals surface area contributed by atoms with Gasteiger partial charge in [-0.2, -0.15) is 0 Å². The molecule has 1 saturated carbocycles. The van der Waals surface area contributed by atoms with Crippen molar-refractivity contribution in [2.75, 3.05) is 19.6 Å². The number of likely N-dealkylation sites (tertiary alicyclic amines) is 1. The Bertz CT molecular complexity index is 915. The SMILES string of the molecule is CC(C)N1CCC(CCNC2CCC(Oc3ccc4c(c3)CCC(c3ccccc3)O4)CC2)CC1. The second-order valence-corrected chi connectivity index (χ2v) is 11.2. The van der Waals surface area contributed by atoms with Gasteiger partial charge in [0.2, 0.25) is 0 Å². The molecular formula is C31H44N2O2. The molecule has 35 heavy (non-hydrogen) atoms. The number of piperidine rings is 1. The van der Waals surface area contributed by atoms with Crippen molar-refractivity contribution in [1.29, 1.82) is 0 Å². The maximum Gasteiger partial charge on any atom is 0.124 e. The van der Waals surface area contributed by atoms with Crippen LogP contribution in [-0.2, 0) is 6.42 Å². The molecule has 0 spiro atoms. The van der Waals surface area contributed by atoms with Crippen molar-refractivity contribution in [3.8, 4) is 11.5 Å². The number of nitrogens with one attached hydrogen (secondary N) is 1. The monoisotopic (exact) mass is 476 g/mol. The average molecular weight is 477 g/mol. The molecule has 0 radical (unpaired) electrons. The quantitative estimate of drug-likeness (QED) is 0.469. The van der Waals surface area contributed by atoms with Crippen LogP contribution >= 0.6 is 0 Å². The van der Waals surface area contributed by atoms with Gasteiger partial charge in [-0.15, -0.1) is 0 Å². The number of aryl methyl sites for hydroxylation is 1. The molecule has 2 fully saturated rings. The summed E-state index contributed by atoms with van der Waals surface area (Å²) in [5, 5.41) is 3.86. The Balaban J connectivity index is 1.02. The van der Waals surface area contributed by atoms with Gasteiger partial charge in [-0.3, -0.25) is 0 Å². The zero-order chi connectivity index (χ0) is 24.0. The smallest absolute Gasteiger partial charge is 0.124 e. The lowest BCUT2D eigenvalue weighted by Crippen LogP contribution is -2.40. The lowest BCUT2D eigenvalue weighted by Gasteiger charge is -2.35. The van der Waals surface area contributed by atoms with Crippen molar-refractivity contribution in [3.05, 3.63) is 59.7 Å². The number of hydrogen-bond donors (Lipinski definition) is 1. The highest BCUT2D eigenvalue weighted by atomic mass is 16.5. The van der Waals surface area contributed by atoms with Gasteiger partial charge in [-0.25, -0.2) is 0 Å². The fourth-order valence-corrected chi connectivity index (χ4v) is 6.17. The summed E-state index contributed by atoms with van der Waals surface area (Å²) in [6.07, 6.45) is 11.4. The molecule has 2 aromatic carbocycles. The van der Waals surface area contributed by atoms with Crippen molar-refractivity contribution in [1.82, 2.24) is 10.2 Å². The minimum absolute atomic E-state index is 0.158. The summed E-state index contributed by atoms with van der Waals surface area (Å²) in [6.45, 7) is 8.39. The third-order valence-corrected chi connectivity index (χ3v) is 8.49. The van der Waals surface area contributed by atoms with Gasteiger partial charge in [-0.05, 0) is 127 Å². The Morgan fingerprint density at radius 2 is 1.71 bits per heavy atom. The van der Waals surface area contributed by atoms with E-state index >= 15 is 0 Å². The minimum atomic E-state index is 0.158. The Morgan fingerprint density at radius 1 is 0.943 bits per heavy atom. The van der Waals surface area contributed by atoms with E-state index in [0.29, 0.717) is 18.2 Å². The van der Waals surface area contributed by atoms with Crippen LogP contribution in [0, 0.1) is 5.92 Å². The molecule has 5 rings (SSSR count). The zero-order valence-electron chi connectivity index (χ0n) is 21.8. The molecule has 0 bridgehead atoms. The number of hydrogen-bond acceptors (Lipinski definition) is 4. The molecule has 1 aliphatic carbocycles. The highest BCUT2D eigenvalue weighted by Gasteiger charge is 2.25. The molecule has 0 aromatic heterocycles.